The number of rotatable bonds is 5. The Labute approximate surface area is 166 Å². The fraction of sp³-hybridized carbons (Fsp3) is 0.524. The summed E-state index contributed by atoms with van der Waals surface area (Å²) >= 11 is 0. The second-order valence-corrected chi connectivity index (χ2v) is 7.84. The minimum atomic E-state index is 0.0785. The van der Waals surface area contributed by atoms with E-state index in [4.69, 9.17) is 0 Å². The standard InChI is InChI=1S/C21H30N6O/c1-24-10-8-22-20(24)17-25-11-13-26(14-12-25)21(28)23-15-18-7-9-27(16-18)19-5-3-2-4-6-19/h2-6,8,10,18H,7,9,11-17H2,1H3,(H,23,28). The maximum absolute atomic E-state index is 12.6. The predicted octanol–water partition coefficient (Wildman–Crippen LogP) is 1.77. The van der Waals surface area contributed by atoms with Gasteiger partial charge in [0.2, 0.25) is 0 Å². The van der Waals surface area contributed by atoms with E-state index in [9.17, 15) is 4.79 Å². The van der Waals surface area contributed by atoms with Gasteiger partial charge in [0.1, 0.15) is 5.82 Å². The number of carbonyl (C=O) groups excluding carboxylic acids is 1. The molecule has 28 heavy (non-hydrogen) atoms. The first kappa shape index (κ1) is 18.8. The highest BCUT2D eigenvalue weighted by Crippen LogP contribution is 2.23. The van der Waals surface area contributed by atoms with Gasteiger partial charge in [-0.05, 0) is 24.5 Å². The predicted molar refractivity (Wildman–Crippen MR) is 110 cm³/mol. The number of anilines is 1. The zero-order valence-corrected chi connectivity index (χ0v) is 16.6. The highest BCUT2D eigenvalue weighted by Gasteiger charge is 2.25. The number of nitrogens with zero attached hydrogens (tertiary/aromatic N) is 5. The quantitative estimate of drug-likeness (QED) is 0.856. The van der Waals surface area contributed by atoms with Crippen LogP contribution in [-0.2, 0) is 13.6 Å². The molecule has 2 aliphatic heterocycles. The highest BCUT2D eigenvalue weighted by atomic mass is 16.2. The van der Waals surface area contributed by atoms with Gasteiger partial charge in [0.05, 0.1) is 6.54 Å². The Morgan fingerprint density at radius 1 is 1.14 bits per heavy atom. The molecule has 2 aliphatic rings. The van der Waals surface area contributed by atoms with Crippen LogP contribution in [0, 0.1) is 5.92 Å². The van der Waals surface area contributed by atoms with Crippen LogP contribution in [0.3, 0.4) is 0 Å². The summed E-state index contributed by atoms with van der Waals surface area (Å²) in [4.78, 5) is 23.7. The van der Waals surface area contributed by atoms with Gasteiger partial charge in [-0.3, -0.25) is 4.90 Å². The largest absolute Gasteiger partial charge is 0.371 e. The third kappa shape index (κ3) is 4.47. The number of aromatic nitrogens is 2. The summed E-state index contributed by atoms with van der Waals surface area (Å²) in [7, 11) is 2.02. The molecule has 7 heteroatoms. The lowest BCUT2D eigenvalue weighted by molar-refractivity contribution is 0.132. The number of para-hydroxylation sites is 1. The van der Waals surface area contributed by atoms with Gasteiger partial charge >= 0.3 is 6.03 Å². The molecule has 150 valence electrons. The van der Waals surface area contributed by atoms with E-state index >= 15 is 0 Å². The molecule has 4 rings (SSSR count). The smallest absolute Gasteiger partial charge is 0.317 e. The van der Waals surface area contributed by atoms with Crippen LogP contribution in [0.1, 0.15) is 12.2 Å². The Bertz CT molecular complexity index is 768. The summed E-state index contributed by atoms with van der Waals surface area (Å²) in [6, 6.07) is 10.6. The molecule has 0 saturated carbocycles. The number of benzene rings is 1. The second kappa shape index (κ2) is 8.65. The van der Waals surface area contributed by atoms with Crippen molar-refractivity contribution in [2.45, 2.75) is 13.0 Å². The minimum absolute atomic E-state index is 0.0785. The SMILES string of the molecule is Cn1ccnc1CN1CCN(C(=O)NCC2CCN(c3ccccc3)C2)CC1. The molecule has 1 atom stereocenters. The second-order valence-electron chi connectivity index (χ2n) is 7.84. The van der Waals surface area contributed by atoms with Crippen LogP contribution < -0.4 is 10.2 Å². The minimum Gasteiger partial charge on any atom is -0.371 e. The number of imidazole rings is 1. The summed E-state index contributed by atoms with van der Waals surface area (Å²) in [5, 5.41) is 3.16. The van der Waals surface area contributed by atoms with E-state index in [-0.39, 0.29) is 6.03 Å². The molecule has 1 unspecified atom stereocenters. The number of piperazine rings is 1. The zero-order chi connectivity index (χ0) is 19.3. The van der Waals surface area contributed by atoms with Crippen LogP contribution in [0.15, 0.2) is 42.7 Å². The normalized spacial score (nSPS) is 20.5. The summed E-state index contributed by atoms with van der Waals surface area (Å²) in [6.45, 7) is 7.02. The molecular weight excluding hydrogens is 352 g/mol. The van der Waals surface area contributed by atoms with Crippen LogP contribution in [0.4, 0.5) is 10.5 Å². The number of hydrogen-bond donors (Lipinski definition) is 1. The molecule has 1 N–H and O–H groups in total. The molecule has 2 aromatic rings. The van der Waals surface area contributed by atoms with Crippen molar-refractivity contribution in [3.8, 4) is 0 Å². The summed E-state index contributed by atoms with van der Waals surface area (Å²) in [5.41, 5.74) is 1.28. The van der Waals surface area contributed by atoms with Crippen molar-refractivity contribution in [2.75, 3.05) is 50.7 Å². The Morgan fingerprint density at radius 2 is 1.93 bits per heavy atom. The Balaban J connectivity index is 1.18. The number of aryl methyl sites for hydroxylation is 1. The van der Waals surface area contributed by atoms with Crippen molar-refractivity contribution in [1.29, 1.82) is 0 Å². The van der Waals surface area contributed by atoms with Crippen LogP contribution in [0.2, 0.25) is 0 Å². The van der Waals surface area contributed by atoms with Gasteiger partial charge in [-0.2, -0.15) is 0 Å². The molecule has 1 aromatic carbocycles. The summed E-state index contributed by atoms with van der Waals surface area (Å²) in [6.07, 6.45) is 4.94. The molecule has 2 fully saturated rings. The van der Waals surface area contributed by atoms with Crippen molar-refractivity contribution >= 4 is 11.7 Å². The van der Waals surface area contributed by atoms with Gasteiger partial charge in [-0.1, -0.05) is 18.2 Å². The molecule has 0 aliphatic carbocycles. The van der Waals surface area contributed by atoms with E-state index < -0.39 is 0 Å². The molecule has 0 bridgehead atoms. The number of urea groups is 1. The lowest BCUT2D eigenvalue weighted by atomic mass is 10.1. The van der Waals surface area contributed by atoms with Crippen molar-refractivity contribution in [3.05, 3.63) is 48.5 Å². The van der Waals surface area contributed by atoms with Crippen LogP contribution in [0.5, 0.6) is 0 Å². The first-order valence-corrected chi connectivity index (χ1v) is 10.2. The summed E-state index contributed by atoms with van der Waals surface area (Å²) < 4.78 is 2.05. The Morgan fingerprint density at radius 3 is 2.64 bits per heavy atom. The van der Waals surface area contributed by atoms with E-state index in [0.29, 0.717) is 5.92 Å². The van der Waals surface area contributed by atoms with Crippen LogP contribution >= 0.6 is 0 Å². The van der Waals surface area contributed by atoms with Crippen molar-refractivity contribution in [2.24, 2.45) is 13.0 Å². The number of nitrogens with one attached hydrogen (secondary N) is 1. The topological polar surface area (TPSA) is 56.6 Å². The van der Waals surface area contributed by atoms with E-state index in [0.717, 1.165) is 64.6 Å². The molecule has 3 heterocycles. The average molecular weight is 383 g/mol. The van der Waals surface area contributed by atoms with Crippen molar-refractivity contribution in [1.82, 2.24) is 24.7 Å². The zero-order valence-electron chi connectivity index (χ0n) is 16.6. The number of amides is 2. The Kier molecular flexibility index (Phi) is 5.81. The van der Waals surface area contributed by atoms with E-state index in [1.807, 2.05) is 30.4 Å². The van der Waals surface area contributed by atoms with Crippen LogP contribution in [-0.4, -0.2) is 71.2 Å². The van der Waals surface area contributed by atoms with E-state index in [2.05, 4.69) is 48.9 Å². The van der Waals surface area contributed by atoms with E-state index in [1.165, 1.54) is 5.69 Å². The molecule has 1 aromatic heterocycles. The first-order chi connectivity index (χ1) is 13.7. The van der Waals surface area contributed by atoms with Gasteiger partial charge in [0.15, 0.2) is 0 Å². The molecule has 7 nitrogen and oxygen atoms in total. The van der Waals surface area contributed by atoms with Crippen molar-refractivity contribution in [3.63, 3.8) is 0 Å². The summed E-state index contributed by atoms with van der Waals surface area (Å²) in [5.74, 6) is 1.59. The average Bonchev–Trinajstić information content (AvgIpc) is 3.37. The van der Waals surface area contributed by atoms with Crippen LogP contribution in [0.25, 0.3) is 0 Å². The third-order valence-electron chi connectivity index (χ3n) is 5.89. The first-order valence-electron chi connectivity index (χ1n) is 10.2. The highest BCUT2D eigenvalue weighted by molar-refractivity contribution is 5.74. The van der Waals surface area contributed by atoms with Gasteiger partial charge in [-0.25, -0.2) is 9.78 Å². The number of carbonyl (C=O) groups is 1. The Hall–Kier alpha value is -2.54. The molecule has 2 saturated heterocycles. The number of hydrogen-bond acceptors (Lipinski definition) is 4. The maximum atomic E-state index is 12.6. The third-order valence-corrected chi connectivity index (χ3v) is 5.89. The van der Waals surface area contributed by atoms with E-state index in [1.54, 1.807) is 0 Å². The fourth-order valence-electron chi connectivity index (χ4n) is 4.07. The fourth-order valence-corrected chi connectivity index (χ4v) is 4.07. The van der Waals surface area contributed by atoms with Gasteiger partial charge in [-0.15, -0.1) is 0 Å². The van der Waals surface area contributed by atoms with Crippen molar-refractivity contribution < 1.29 is 4.79 Å². The maximum Gasteiger partial charge on any atom is 0.317 e. The molecule has 2 amide bonds. The monoisotopic (exact) mass is 382 g/mol. The lowest BCUT2D eigenvalue weighted by Gasteiger charge is -2.34. The van der Waals surface area contributed by atoms with Gasteiger partial charge in [0.25, 0.3) is 0 Å². The lowest BCUT2D eigenvalue weighted by Crippen LogP contribution is -2.52. The molecule has 0 radical (unpaired) electrons. The van der Waals surface area contributed by atoms with Gasteiger partial charge in [0, 0.05) is 70.9 Å². The molecule has 0 spiro atoms. The molecular formula is C21H30N6O. The van der Waals surface area contributed by atoms with Gasteiger partial charge < -0.3 is 19.7 Å².